The lowest BCUT2D eigenvalue weighted by molar-refractivity contribution is -0.123. The van der Waals surface area contributed by atoms with Crippen molar-refractivity contribution in [3.05, 3.63) is 30.1 Å². The summed E-state index contributed by atoms with van der Waals surface area (Å²) in [5, 5.41) is 12.6. The SMILES string of the molecule is CCOc1ccccc1OCC(=O)NCCCc1nnc(SC)n1C1CCCC1. The predicted molar refractivity (Wildman–Crippen MR) is 114 cm³/mol. The van der Waals surface area contributed by atoms with Crippen molar-refractivity contribution in [1.82, 2.24) is 20.1 Å². The monoisotopic (exact) mass is 418 g/mol. The van der Waals surface area contributed by atoms with E-state index in [0.717, 1.165) is 23.8 Å². The highest BCUT2D eigenvalue weighted by molar-refractivity contribution is 7.98. The third kappa shape index (κ3) is 5.88. The molecule has 0 bridgehead atoms. The summed E-state index contributed by atoms with van der Waals surface area (Å²) in [6, 6.07) is 7.90. The van der Waals surface area contributed by atoms with Gasteiger partial charge in [-0.15, -0.1) is 10.2 Å². The van der Waals surface area contributed by atoms with Crippen molar-refractivity contribution in [3.8, 4) is 11.5 Å². The molecular formula is C21H30N4O3S. The number of para-hydroxylation sites is 2. The Labute approximate surface area is 176 Å². The molecule has 7 nitrogen and oxygen atoms in total. The number of aryl methyl sites for hydroxylation is 1. The standard InChI is InChI=1S/C21H30N4O3S/c1-3-27-17-11-6-7-12-18(17)28-15-20(26)22-14-8-13-19-23-24-21(29-2)25(19)16-9-4-5-10-16/h6-7,11-12,16H,3-5,8-10,13-15H2,1-2H3,(H,22,26). The number of carbonyl (C=O) groups excluding carboxylic acids is 1. The van der Waals surface area contributed by atoms with Crippen LogP contribution in [0.25, 0.3) is 0 Å². The molecule has 1 aromatic carbocycles. The van der Waals surface area contributed by atoms with Crippen LogP contribution in [0.3, 0.4) is 0 Å². The van der Waals surface area contributed by atoms with Crippen LogP contribution in [0.1, 0.15) is 50.9 Å². The van der Waals surface area contributed by atoms with E-state index in [4.69, 9.17) is 9.47 Å². The van der Waals surface area contributed by atoms with Crippen LogP contribution in [0.4, 0.5) is 0 Å². The Morgan fingerprint density at radius 2 is 1.93 bits per heavy atom. The predicted octanol–water partition coefficient (Wildman–Crippen LogP) is 3.64. The summed E-state index contributed by atoms with van der Waals surface area (Å²) in [5.74, 6) is 2.12. The number of carbonyl (C=O) groups is 1. The summed E-state index contributed by atoms with van der Waals surface area (Å²) in [4.78, 5) is 12.1. The van der Waals surface area contributed by atoms with Gasteiger partial charge in [0, 0.05) is 19.0 Å². The van der Waals surface area contributed by atoms with E-state index >= 15 is 0 Å². The maximum Gasteiger partial charge on any atom is 0.257 e. The molecule has 1 saturated carbocycles. The van der Waals surface area contributed by atoms with Crippen molar-refractivity contribution in [2.75, 3.05) is 26.0 Å². The summed E-state index contributed by atoms with van der Waals surface area (Å²) < 4.78 is 13.4. The molecule has 0 unspecified atom stereocenters. The molecule has 0 atom stereocenters. The Bertz CT molecular complexity index is 790. The van der Waals surface area contributed by atoms with Crippen LogP contribution < -0.4 is 14.8 Å². The highest BCUT2D eigenvalue weighted by Crippen LogP contribution is 2.33. The zero-order chi connectivity index (χ0) is 20.5. The molecule has 0 saturated heterocycles. The molecule has 8 heteroatoms. The van der Waals surface area contributed by atoms with Crippen LogP contribution in [-0.2, 0) is 11.2 Å². The highest BCUT2D eigenvalue weighted by Gasteiger charge is 2.23. The fraction of sp³-hybridized carbons (Fsp3) is 0.571. The van der Waals surface area contributed by atoms with Crippen molar-refractivity contribution in [3.63, 3.8) is 0 Å². The summed E-state index contributed by atoms with van der Waals surface area (Å²) in [6.07, 6.45) is 8.63. The lowest BCUT2D eigenvalue weighted by atomic mass is 10.2. The van der Waals surface area contributed by atoms with Gasteiger partial charge in [0.2, 0.25) is 0 Å². The molecule has 0 spiro atoms. The first-order chi connectivity index (χ1) is 14.2. The maximum absolute atomic E-state index is 12.1. The zero-order valence-electron chi connectivity index (χ0n) is 17.2. The normalized spacial score (nSPS) is 14.1. The summed E-state index contributed by atoms with van der Waals surface area (Å²) >= 11 is 1.65. The van der Waals surface area contributed by atoms with Gasteiger partial charge >= 0.3 is 0 Å². The van der Waals surface area contributed by atoms with Crippen LogP contribution in [0.15, 0.2) is 29.4 Å². The van der Waals surface area contributed by atoms with Gasteiger partial charge in [0.05, 0.1) is 6.61 Å². The molecule has 1 amide bonds. The van der Waals surface area contributed by atoms with Crippen molar-refractivity contribution in [2.45, 2.75) is 56.6 Å². The van der Waals surface area contributed by atoms with Crippen molar-refractivity contribution < 1.29 is 14.3 Å². The van der Waals surface area contributed by atoms with E-state index < -0.39 is 0 Å². The first-order valence-electron chi connectivity index (χ1n) is 10.3. The summed E-state index contributed by atoms with van der Waals surface area (Å²) in [7, 11) is 0. The Morgan fingerprint density at radius 3 is 2.62 bits per heavy atom. The van der Waals surface area contributed by atoms with E-state index in [9.17, 15) is 4.79 Å². The lowest BCUT2D eigenvalue weighted by Crippen LogP contribution is -2.30. The summed E-state index contributed by atoms with van der Waals surface area (Å²) in [6.45, 7) is 3.02. The number of benzene rings is 1. The molecule has 1 aliphatic rings. The molecule has 1 fully saturated rings. The molecular weight excluding hydrogens is 388 g/mol. The van der Waals surface area contributed by atoms with Gasteiger partial charge < -0.3 is 19.4 Å². The molecule has 158 valence electrons. The molecule has 29 heavy (non-hydrogen) atoms. The highest BCUT2D eigenvalue weighted by atomic mass is 32.2. The molecule has 0 aliphatic heterocycles. The minimum atomic E-state index is -0.140. The Balaban J connectivity index is 1.43. The third-order valence-corrected chi connectivity index (χ3v) is 5.66. The van der Waals surface area contributed by atoms with Crippen molar-refractivity contribution >= 4 is 17.7 Å². The van der Waals surface area contributed by atoms with E-state index in [1.54, 1.807) is 17.8 Å². The minimum absolute atomic E-state index is 0.0288. The quantitative estimate of drug-likeness (QED) is 0.443. The topological polar surface area (TPSA) is 78.3 Å². The van der Waals surface area contributed by atoms with E-state index in [2.05, 4.69) is 20.1 Å². The lowest BCUT2D eigenvalue weighted by Gasteiger charge is -2.16. The van der Waals surface area contributed by atoms with Gasteiger partial charge in [-0.3, -0.25) is 4.79 Å². The smallest absolute Gasteiger partial charge is 0.257 e. The van der Waals surface area contributed by atoms with E-state index in [1.165, 1.54) is 25.7 Å². The number of aromatic nitrogens is 3. The third-order valence-electron chi connectivity index (χ3n) is 5.01. The van der Waals surface area contributed by atoms with Crippen molar-refractivity contribution in [2.24, 2.45) is 0 Å². The number of rotatable bonds is 11. The summed E-state index contributed by atoms with van der Waals surface area (Å²) in [5.41, 5.74) is 0. The number of hydrogen-bond donors (Lipinski definition) is 1. The molecule has 1 aromatic heterocycles. The number of nitrogens with one attached hydrogen (secondary N) is 1. The second-order valence-corrected chi connectivity index (χ2v) is 7.81. The average molecular weight is 419 g/mol. The van der Waals surface area contributed by atoms with Crippen LogP contribution >= 0.6 is 11.8 Å². The van der Waals surface area contributed by atoms with Crippen LogP contribution in [0.5, 0.6) is 11.5 Å². The Kier molecular flexibility index (Phi) is 8.22. The Morgan fingerprint density at radius 1 is 1.21 bits per heavy atom. The fourth-order valence-corrected chi connectivity index (χ4v) is 4.23. The molecule has 3 rings (SSSR count). The average Bonchev–Trinajstić information content (AvgIpc) is 3.40. The molecule has 1 heterocycles. The van der Waals surface area contributed by atoms with Crippen LogP contribution in [0, 0.1) is 0 Å². The second-order valence-electron chi connectivity index (χ2n) is 7.03. The molecule has 2 aromatic rings. The van der Waals surface area contributed by atoms with Crippen LogP contribution in [0.2, 0.25) is 0 Å². The Hall–Kier alpha value is -2.22. The number of amides is 1. The van der Waals surface area contributed by atoms with Gasteiger partial charge in [0.1, 0.15) is 5.82 Å². The first-order valence-corrected chi connectivity index (χ1v) is 11.5. The molecule has 1 aliphatic carbocycles. The van der Waals surface area contributed by atoms with Crippen molar-refractivity contribution in [1.29, 1.82) is 0 Å². The van der Waals surface area contributed by atoms with Gasteiger partial charge in [-0.2, -0.15) is 0 Å². The molecule has 0 radical (unpaired) electrons. The number of nitrogens with zero attached hydrogens (tertiary/aromatic N) is 3. The number of hydrogen-bond acceptors (Lipinski definition) is 6. The fourth-order valence-electron chi connectivity index (χ4n) is 3.66. The number of thioether (sulfide) groups is 1. The molecule has 1 N–H and O–H groups in total. The van der Waals surface area contributed by atoms with E-state index in [1.807, 2.05) is 31.4 Å². The second kappa shape index (κ2) is 11.1. The number of ether oxygens (including phenoxy) is 2. The van der Waals surface area contributed by atoms with E-state index in [0.29, 0.717) is 30.7 Å². The van der Waals surface area contributed by atoms with Gasteiger partial charge in [-0.05, 0) is 44.6 Å². The van der Waals surface area contributed by atoms with Gasteiger partial charge in [0.25, 0.3) is 5.91 Å². The van der Waals surface area contributed by atoms with E-state index in [-0.39, 0.29) is 12.5 Å². The minimum Gasteiger partial charge on any atom is -0.490 e. The first kappa shape index (κ1) is 21.5. The van der Waals surface area contributed by atoms with Crippen LogP contribution in [-0.4, -0.2) is 46.7 Å². The van der Waals surface area contributed by atoms with Gasteiger partial charge in [-0.25, -0.2) is 0 Å². The van der Waals surface area contributed by atoms with Gasteiger partial charge in [-0.1, -0.05) is 36.7 Å². The van der Waals surface area contributed by atoms with Gasteiger partial charge in [0.15, 0.2) is 23.3 Å². The zero-order valence-corrected chi connectivity index (χ0v) is 18.0. The maximum atomic E-state index is 12.1. The largest absolute Gasteiger partial charge is 0.490 e.